The van der Waals surface area contributed by atoms with Crippen molar-refractivity contribution in [3.8, 4) is 11.5 Å². The Labute approximate surface area is 158 Å². The molecule has 1 fully saturated rings. The zero-order valence-electron chi connectivity index (χ0n) is 15.5. The molecule has 1 heterocycles. The molecule has 138 valence electrons. The van der Waals surface area contributed by atoms with Crippen molar-refractivity contribution in [3.63, 3.8) is 0 Å². The molecule has 1 aliphatic rings. The summed E-state index contributed by atoms with van der Waals surface area (Å²) >= 11 is 1.74. The summed E-state index contributed by atoms with van der Waals surface area (Å²) in [4.78, 5) is 14.7. The van der Waals surface area contributed by atoms with Crippen LogP contribution >= 0.6 is 11.8 Å². The Morgan fingerprint density at radius 1 is 1.08 bits per heavy atom. The van der Waals surface area contributed by atoms with Crippen LogP contribution in [-0.2, 0) is 0 Å². The quantitative estimate of drug-likeness (QED) is 0.852. The lowest BCUT2D eigenvalue weighted by atomic mass is 10.1. The van der Waals surface area contributed by atoms with Gasteiger partial charge in [0.1, 0.15) is 16.9 Å². The van der Waals surface area contributed by atoms with Crippen LogP contribution in [0.3, 0.4) is 0 Å². The number of thioether (sulfide) groups is 1. The Morgan fingerprint density at radius 3 is 2.38 bits per heavy atom. The number of ether oxygens (including phenoxy) is 2. The maximum atomic E-state index is 12.8. The molecule has 1 aliphatic heterocycles. The fourth-order valence-electron chi connectivity index (χ4n) is 2.94. The number of nitrogens with one attached hydrogen (secondary N) is 1. The second-order valence-corrected chi connectivity index (χ2v) is 7.48. The largest absolute Gasteiger partial charge is 0.497 e. The summed E-state index contributed by atoms with van der Waals surface area (Å²) in [6.45, 7) is 4.80. The van der Waals surface area contributed by atoms with Crippen LogP contribution < -0.4 is 14.8 Å². The van der Waals surface area contributed by atoms with E-state index in [2.05, 4.69) is 12.2 Å². The molecule has 0 radical (unpaired) electrons. The first-order chi connectivity index (χ1) is 12.5. The highest BCUT2D eigenvalue weighted by Gasteiger charge is 2.31. The van der Waals surface area contributed by atoms with Crippen molar-refractivity contribution >= 4 is 23.5 Å². The minimum atomic E-state index is -0.0926. The Bertz CT molecular complexity index is 787. The number of benzene rings is 2. The first-order valence-corrected chi connectivity index (χ1v) is 9.56. The van der Waals surface area contributed by atoms with E-state index in [1.54, 1.807) is 26.0 Å². The highest BCUT2D eigenvalue weighted by atomic mass is 32.2. The molecule has 2 aromatic carbocycles. The molecule has 0 spiro atoms. The molecular formula is C20H24N2O3S. The number of methoxy groups -OCH3 is 2. The zero-order chi connectivity index (χ0) is 18.7. The molecule has 2 amide bonds. The molecule has 3 rings (SSSR count). The number of aryl methyl sites for hydroxylation is 2. The van der Waals surface area contributed by atoms with Gasteiger partial charge in [-0.25, -0.2) is 4.79 Å². The molecule has 26 heavy (non-hydrogen) atoms. The number of rotatable bonds is 4. The molecule has 0 aliphatic carbocycles. The maximum absolute atomic E-state index is 12.8. The molecule has 1 saturated heterocycles. The van der Waals surface area contributed by atoms with Crippen LogP contribution in [0.15, 0.2) is 36.4 Å². The summed E-state index contributed by atoms with van der Waals surface area (Å²) in [7, 11) is 3.26. The van der Waals surface area contributed by atoms with Gasteiger partial charge in [-0.1, -0.05) is 6.07 Å². The number of hydrogen-bond acceptors (Lipinski definition) is 4. The highest BCUT2D eigenvalue weighted by molar-refractivity contribution is 7.99. The monoisotopic (exact) mass is 372 g/mol. The van der Waals surface area contributed by atoms with Crippen molar-refractivity contribution in [3.05, 3.63) is 53.1 Å². The van der Waals surface area contributed by atoms with Gasteiger partial charge < -0.3 is 19.7 Å². The van der Waals surface area contributed by atoms with Gasteiger partial charge in [-0.05, 0) is 54.8 Å². The van der Waals surface area contributed by atoms with E-state index in [9.17, 15) is 4.79 Å². The standard InChI is InChI=1S/C20H24N2O3S/c1-13-5-6-16(9-14(13)2)21-20(23)22-7-8-26-19(22)15-10-17(24-3)12-18(11-15)25-4/h5-6,9-12,19H,7-8H2,1-4H3,(H,21,23). The number of nitrogens with zero attached hydrogens (tertiary/aromatic N) is 1. The van der Waals surface area contributed by atoms with Crippen molar-refractivity contribution in [2.24, 2.45) is 0 Å². The normalized spacial score (nSPS) is 16.5. The molecule has 1 N–H and O–H groups in total. The van der Waals surface area contributed by atoms with E-state index in [4.69, 9.17) is 9.47 Å². The van der Waals surface area contributed by atoms with Gasteiger partial charge in [0.25, 0.3) is 0 Å². The Balaban J connectivity index is 1.81. The summed E-state index contributed by atoms with van der Waals surface area (Å²) < 4.78 is 10.7. The molecule has 6 heteroatoms. The van der Waals surface area contributed by atoms with E-state index >= 15 is 0 Å². The number of carbonyl (C=O) groups excluding carboxylic acids is 1. The van der Waals surface area contributed by atoms with Gasteiger partial charge in [0.15, 0.2) is 0 Å². The van der Waals surface area contributed by atoms with Crippen molar-refractivity contribution in [1.29, 1.82) is 0 Å². The SMILES string of the molecule is COc1cc(OC)cc(C2SCCN2C(=O)Nc2ccc(C)c(C)c2)c1. The summed E-state index contributed by atoms with van der Waals surface area (Å²) in [5, 5.41) is 2.96. The van der Waals surface area contributed by atoms with E-state index < -0.39 is 0 Å². The zero-order valence-corrected chi connectivity index (χ0v) is 16.4. The third-order valence-corrected chi connectivity index (χ3v) is 5.83. The molecule has 1 unspecified atom stereocenters. The number of anilines is 1. The van der Waals surface area contributed by atoms with Crippen LogP contribution in [0.5, 0.6) is 11.5 Å². The summed E-state index contributed by atoms with van der Waals surface area (Å²) in [5.41, 5.74) is 4.18. The lowest BCUT2D eigenvalue weighted by molar-refractivity contribution is 0.214. The van der Waals surface area contributed by atoms with E-state index in [1.807, 2.05) is 48.2 Å². The first kappa shape index (κ1) is 18.5. The van der Waals surface area contributed by atoms with Crippen molar-refractivity contribution < 1.29 is 14.3 Å². The third kappa shape index (κ3) is 3.90. The van der Waals surface area contributed by atoms with Gasteiger partial charge in [0.2, 0.25) is 0 Å². The molecule has 0 bridgehead atoms. The summed E-state index contributed by atoms with van der Waals surface area (Å²) in [6.07, 6.45) is 0. The highest BCUT2D eigenvalue weighted by Crippen LogP contribution is 2.40. The lowest BCUT2D eigenvalue weighted by Gasteiger charge is -2.25. The van der Waals surface area contributed by atoms with Crippen LogP contribution in [0.2, 0.25) is 0 Å². The van der Waals surface area contributed by atoms with E-state index in [0.717, 1.165) is 34.1 Å². The van der Waals surface area contributed by atoms with Gasteiger partial charge in [-0.3, -0.25) is 0 Å². The van der Waals surface area contributed by atoms with Crippen LogP contribution in [0.1, 0.15) is 22.1 Å². The number of hydrogen-bond donors (Lipinski definition) is 1. The van der Waals surface area contributed by atoms with Gasteiger partial charge >= 0.3 is 6.03 Å². The molecule has 0 aromatic heterocycles. The Kier molecular flexibility index (Phi) is 5.61. The van der Waals surface area contributed by atoms with E-state index in [-0.39, 0.29) is 11.4 Å². The number of amides is 2. The lowest BCUT2D eigenvalue weighted by Crippen LogP contribution is -2.34. The second-order valence-electron chi connectivity index (χ2n) is 6.29. The predicted molar refractivity (Wildman–Crippen MR) is 106 cm³/mol. The number of urea groups is 1. The minimum absolute atomic E-state index is 0.0643. The summed E-state index contributed by atoms with van der Waals surface area (Å²) in [5.74, 6) is 2.34. The number of carbonyl (C=O) groups is 1. The maximum Gasteiger partial charge on any atom is 0.323 e. The Hall–Kier alpha value is -2.34. The van der Waals surface area contributed by atoms with Crippen LogP contribution in [-0.4, -0.2) is 37.4 Å². The van der Waals surface area contributed by atoms with Crippen molar-refractivity contribution in [2.75, 3.05) is 31.8 Å². The molecule has 0 saturated carbocycles. The first-order valence-electron chi connectivity index (χ1n) is 8.51. The van der Waals surface area contributed by atoms with Crippen LogP contribution in [0.25, 0.3) is 0 Å². The molecular weight excluding hydrogens is 348 g/mol. The van der Waals surface area contributed by atoms with Crippen LogP contribution in [0.4, 0.5) is 10.5 Å². The second kappa shape index (κ2) is 7.91. The molecule has 1 atom stereocenters. The predicted octanol–water partition coefficient (Wildman–Crippen LogP) is 4.60. The smallest absolute Gasteiger partial charge is 0.323 e. The Morgan fingerprint density at radius 2 is 1.77 bits per heavy atom. The average Bonchev–Trinajstić information content (AvgIpc) is 3.14. The summed E-state index contributed by atoms with van der Waals surface area (Å²) in [6, 6.07) is 11.6. The van der Waals surface area contributed by atoms with Gasteiger partial charge in [0.05, 0.1) is 14.2 Å². The van der Waals surface area contributed by atoms with Gasteiger partial charge in [0, 0.05) is 24.1 Å². The molecule has 2 aromatic rings. The van der Waals surface area contributed by atoms with E-state index in [1.165, 1.54) is 5.56 Å². The topological polar surface area (TPSA) is 50.8 Å². The van der Waals surface area contributed by atoms with Gasteiger partial charge in [-0.15, -0.1) is 11.8 Å². The van der Waals surface area contributed by atoms with Crippen molar-refractivity contribution in [2.45, 2.75) is 19.2 Å². The fraction of sp³-hybridized carbons (Fsp3) is 0.350. The van der Waals surface area contributed by atoms with Gasteiger partial charge in [-0.2, -0.15) is 0 Å². The third-order valence-electron chi connectivity index (χ3n) is 4.57. The average molecular weight is 372 g/mol. The molecule has 5 nitrogen and oxygen atoms in total. The van der Waals surface area contributed by atoms with Crippen molar-refractivity contribution in [1.82, 2.24) is 4.90 Å². The fourth-order valence-corrected chi connectivity index (χ4v) is 4.18. The van der Waals surface area contributed by atoms with Crippen LogP contribution in [0, 0.1) is 13.8 Å². The van der Waals surface area contributed by atoms with E-state index in [0.29, 0.717) is 6.54 Å². The minimum Gasteiger partial charge on any atom is -0.497 e.